The predicted molar refractivity (Wildman–Crippen MR) is 40.8 cm³/mol. The number of rotatable bonds is 2. The maximum Gasteiger partial charge on any atom is 0.0471 e. The smallest absolute Gasteiger partial charge is 0.0471 e. The zero-order chi connectivity index (χ0) is 7.40. The van der Waals surface area contributed by atoms with Gasteiger partial charge in [-0.1, -0.05) is 23.8 Å². The minimum absolute atomic E-state index is 0.220. The summed E-state index contributed by atoms with van der Waals surface area (Å²) >= 11 is 0. The molecule has 0 saturated carbocycles. The van der Waals surface area contributed by atoms with Crippen molar-refractivity contribution < 1.29 is 5.11 Å². The Labute approximate surface area is 61.3 Å². The maximum atomic E-state index is 8.60. The van der Waals surface area contributed by atoms with Crippen LogP contribution in [-0.4, -0.2) is 11.7 Å². The normalized spacial score (nSPS) is 9.80. The van der Waals surface area contributed by atoms with Gasteiger partial charge in [0.15, 0.2) is 0 Å². The summed E-state index contributed by atoms with van der Waals surface area (Å²) in [6, 6.07) is 8.90. The minimum atomic E-state index is 0.220. The number of aryl methyl sites for hydroxylation is 1. The second kappa shape index (κ2) is 3.37. The molecule has 1 aromatic rings. The van der Waals surface area contributed by atoms with E-state index in [1.54, 1.807) is 0 Å². The first-order valence-corrected chi connectivity index (χ1v) is 3.40. The van der Waals surface area contributed by atoms with Crippen LogP contribution in [0.3, 0.4) is 0 Å². The van der Waals surface area contributed by atoms with E-state index >= 15 is 0 Å². The van der Waals surface area contributed by atoms with Gasteiger partial charge in [0.1, 0.15) is 0 Å². The topological polar surface area (TPSA) is 20.2 Å². The molecule has 1 aromatic carbocycles. The molecule has 0 amide bonds. The van der Waals surface area contributed by atoms with E-state index < -0.39 is 0 Å². The Balaban J connectivity index is 2.75. The molecule has 0 aliphatic rings. The second-order valence-corrected chi connectivity index (χ2v) is 2.39. The third-order valence-electron chi connectivity index (χ3n) is 1.39. The molecule has 1 radical (unpaired) electrons. The van der Waals surface area contributed by atoms with E-state index in [9.17, 15) is 0 Å². The van der Waals surface area contributed by atoms with Crippen LogP contribution in [0.1, 0.15) is 11.1 Å². The Morgan fingerprint density at radius 1 is 1.50 bits per heavy atom. The lowest BCUT2D eigenvalue weighted by Gasteiger charge is -1.97. The molecule has 0 saturated heterocycles. The van der Waals surface area contributed by atoms with Crippen LogP contribution in [0.15, 0.2) is 18.2 Å². The Morgan fingerprint density at radius 2 is 2.30 bits per heavy atom. The van der Waals surface area contributed by atoms with Crippen molar-refractivity contribution in [3.8, 4) is 0 Å². The van der Waals surface area contributed by atoms with E-state index in [2.05, 4.69) is 12.1 Å². The van der Waals surface area contributed by atoms with E-state index in [0.29, 0.717) is 0 Å². The zero-order valence-electron chi connectivity index (χ0n) is 6.09. The van der Waals surface area contributed by atoms with Gasteiger partial charge < -0.3 is 5.11 Å². The summed E-state index contributed by atoms with van der Waals surface area (Å²) in [6.45, 7) is 2.24. The Bertz CT molecular complexity index is 206. The van der Waals surface area contributed by atoms with E-state index in [-0.39, 0.29) is 6.61 Å². The molecule has 0 bridgehead atoms. The zero-order valence-corrected chi connectivity index (χ0v) is 6.09. The van der Waals surface area contributed by atoms with Gasteiger partial charge in [-0.05, 0) is 25.0 Å². The highest BCUT2D eigenvalue weighted by molar-refractivity contribution is 5.21. The first-order chi connectivity index (χ1) is 4.83. The molecule has 1 nitrogen and oxygen atoms in total. The van der Waals surface area contributed by atoms with Gasteiger partial charge in [-0.15, -0.1) is 0 Å². The fourth-order valence-corrected chi connectivity index (χ4v) is 0.929. The summed E-state index contributed by atoms with van der Waals surface area (Å²) in [5.74, 6) is 0. The van der Waals surface area contributed by atoms with Crippen molar-refractivity contribution >= 4 is 0 Å². The van der Waals surface area contributed by atoms with E-state index in [1.165, 1.54) is 5.56 Å². The van der Waals surface area contributed by atoms with Gasteiger partial charge in [-0.25, -0.2) is 0 Å². The van der Waals surface area contributed by atoms with E-state index in [1.807, 2.05) is 19.1 Å². The highest BCUT2D eigenvalue weighted by Crippen LogP contribution is 2.02. The highest BCUT2D eigenvalue weighted by atomic mass is 16.2. The molecule has 1 heteroatoms. The van der Waals surface area contributed by atoms with Crippen LogP contribution in [-0.2, 0) is 6.42 Å². The molecule has 0 unspecified atom stereocenters. The fraction of sp³-hybridized carbons (Fsp3) is 0.333. The lowest BCUT2D eigenvalue weighted by atomic mass is 10.1. The summed E-state index contributed by atoms with van der Waals surface area (Å²) in [4.78, 5) is 0. The Morgan fingerprint density at radius 3 is 2.90 bits per heavy atom. The molecule has 0 fully saturated rings. The van der Waals surface area contributed by atoms with Crippen molar-refractivity contribution in [2.45, 2.75) is 13.3 Å². The van der Waals surface area contributed by atoms with Gasteiger partial charge in [0, 0.05) is 6.61 Å². The van der Waals surface area contributed by atoms with Crippen LogP contribution in [0.2, 0.25) is 0 Å². The molecule has 10 heavy (non-hydrogen) atoms. The molecule has 0 atom stereocenters. The highest BCUT2D eigenvalue weighted by Gasteiger charge is 1.89. The van der Waals surface area contributed by atoms with Gasteiger partial charge in [0.05, 0.1) is 0 Å². The summed E-state index contributed by atoms with van der Waals surface area (Å²) in [5.41, 5.74) is 2.36. The van der Waals surface area contributed by atoms with Gasteiger partial charge in [0.2, 0.25) is 0 Å². The average molecular weight is 135 g/mol. The molecular formula is C9H11O. The predicted octanol–water partition coefficient (Wildman–Crippen LogP) is 1.33. The number of hydrogen-bond donors (Lipinski definition) is 1. The monoisotopic (exact) mass is 135 g/mol. The maximum absolute atomic E-state index is 8.60. The third kappa shape index (κ3) is 1.85. The molecule has 53 valence electrons. The number of aliphatic hydroxyl groups excluding tert-OH is 1. The number of benzene rings is 1. The van der Waals surface area contributed by atoms with Crippen LogP contribution in [0, 0.1) is 13.0 Å². The number of aliphatic hydroxyl groups is 1. The van der Waals surface area contributed by atoms with Crippen LogP contribution in [0.25, 0.3) is 0 Å². The SMILES string of the molecule is Cc1c[c]cc(CCO)c1. The quantitative estimate of drug-likeness (QED) is 0.648. The van der Waals surface area contributed by atoms with Gasteiger partial charge in [-0.3, -0.25) is 0 Å². The van der Waals surface area contributed by atoms with Crippen LogP contribution in [0.5, 0.6) is 0 Å². The van der Waals surface area contributed by atoms with Crippen LogP contribution >= 0.6 is 0 Å². The molecule has 0 aliphatic heterocycles. The van der Waals surface area contributed by atoms with Crippen molar-refractivity contribution in [2.75, 3.05) is 6.61 Å². The summed E-state index contributed by atoms with van der Waals surface area (Å²) in [5, 5.41) is 8.60. The van der Waals surface area contributed by atoms with Gasteiger partial charge >= 0.3 is 0 Å². The molecular weight excluding hydrogens is 124 g/mol. The van der Waals surface area contributed by atoms with Crippen molar-refractivity contribution in [1.82, 2.24) is 0 Å². The number of hydrogen-bond acceptors (Lipinski definition) is 1. The average Bonchev–Trinajstić information content (AvgIpc) is 1.88. The van der Waals surface area contributed by atoms with Crippen molar-refractivity contribution in [2.24, 2.45) is 0 Å². The van der Waals surface area contributed by atoms with Crippen LogP contribution < -0.4 is 0 Å². The standard InChI is InChI=1S/C9H11O/c1-8-3-2-4-9(7-8)5-6-10/h3-4,7,10H,5-6H2,1H3. The lowest BCUT2D eigenvalue weighted by Crippen LogP contribution is -1.89. The largest absolute Gasteiger partial charge is 0.396 e. The first kappa shape index (κ1) is 7.29. The summed E-state index contributed by atoms with van der Waals surface area (Å²) in [7, 11) is 0. The molecule has 0 aromatic heterocycles. The summed E-state index contributed by atoms with van der Waals surface area (Å²) < 4.78 is 0. The van der Waals surface area contributed by atoms with Gasteiger partial charge in [0.25, 0.3) is 0 Å². The molecule has 0 spiro atoms. The second-order valence-electron chi connectivity index (χ2n) is 2.39. The van der Waals surface area contributed by atoms with Crippen molar-refractivity contribution in [1.29, 1.82) is 0 Å². The summed E-state index contributed by atoms with van der Waals surface area (Å²) in [6.07, 6.45) is 0.734. The van der Waals surface area contributed by atoms with Crippen molar-refractivity contribution in [3.63, 3.8) is 0 Å². The molecule has 1 rings (SSSR count). The van der Waals surface area contributed by atoms with E-state index in [0.717, 1.165) is 12.0 Å². The third-order valence-corrected chi connectivity index (χ3v) is 1.39. The molecule has 1 N–H and O–H groups in total. The molecule has 0 aliphatic carbocycles. The van der Waals surface area contributed by atoms with E-state index in [4.69, 9.17) is 5.11 Å². The first-order valence-electron chi connectivity index (χ1n) is 3.40. The Kier molecular flexibility index (Phi) is 2.46. The molecule has 0 heterocycles. The lowest BCUT2D eigenvalue weighted by molar-refractivity contribution is 0.299. The Hall–Kier alpha value is -0.820. The van der Waals surface area contributed by atoms with Gasteiger partial charge in [-0.2, -0.15) is 0 Å². The van der Waals surface area contributed by atoms with Crippen LogP contribution in [0.4, 0.5) is 0 Å². The minimum Gasteiger partial charge on any atom is -0.396 e. The van der Waals surface area contributed by atoms with Crippen molar-refractivity contribution in [3.05, 3.63) is 35.4 Å². The fourth-order valence-electron chi connectivity index (χ4n) is 0.929.